The Balaban J connectivity index is 3.49. The number of rotatable bonds is 7. The van der Waals surface area contributed by atoms with Crippen LogP contribution in [-0.2, 0) is 9.47 Å². The number of hydrogen-bond acceptors (Lipinski definition) is 4. The summed E-state index contributed by atoms with van der Waals surface area (Å²) in [6, 6.07) is 0. The summed E-state index contributed by atoms with van der Waals surface area (Å²) in [5.41, 5.74) is -0.594. The molecular weight excluding hydrogens is 232 g/mol. The maximum Gasteiger partial charge on any atom is 0.407 e. The van der Waals surface area contributed by atoms with E-state index in [2.05, 4.69) is 10.6 Å². The number of methoxy groups -OCH3 is 1. The van der Waals surface area contributed by atoms with Crippen molar-refractivity contribution in [3.05, 3.63) is 0 Å². The second-order valence-corrected chi connectivity index (χ2v) is 5.92. The highest BCUT2D eigenvalue weighted by molar-refractivity contribution is 5.67. The molecule has 0 spiro atoms. The molecule has 0 aromatic carbocycles. The Morgan fingerprint density at radius 3 is 2.22 bits per heavy atom. The van der Waals surface area contributed by atoms with E-state index in [0.29, 0.717) is 6.54 Å². The molecule has 0 fully saturated rings. The topological polar surface area (TPSA) is 59.6 Å². The fraction of sp³-hybridized carbons (Fsp3) is 0.923. The Hall–Kier alpha value is -0.810. The molecule has 0 heterocycles. The molecule has 18 heavy (non-hydrogen) atoms. The van der Waals surface area contributed by atoms with Crippen LogP contribution in [0.2, 0.25) is 0 Å². The number of carbonyl (C=O) groups excluding carboxylic acids is 1. The standard InChI is InChI=1S/C13H28N2O3/c1-12(2,3)18-11(16)15-9-7-8-14-10-13(4,5)17-6/h14H,7-10H2,1-6H3,(H,15,16). The van der Waals surface area contributed by atoms with Crippen molar-refractivity contribution in [1.29, 1.82) is 0 Å². The zero-order valence-electron chi connectivity index (χ0n) is 12.6. The highest BCUT2D eigenvalue weighted by atomic mass is 16.6. The summed E-state index contributed by atoms with van der Waals surface area (Å²) in [5.74, 6) is 0. The van der Waals surface area contributed by atoms with Crippen LogP contribution in [0, 0.1) is 0 Å². The molecule has 108 valence electrons. The summed E-state index contributed by atoms with van der Waals surface area (Å²) < 4.78 is 10.4. The van der Waals surface area contributed by atoms with Crippen LogP contribution in [0.3, 0.4) is 0 Å². The molecule has 0 bridgehead atoms. The lowest BCUT2D eigenvalue weighted by Crippen LogP contribution is -2.38. The lowest BCUT2D eigenvalue weighted by molar-refractivity contribution is 0.0233. The first-order chi connectivity index (χ1) is 8.16. The van der Waals surface area contributed by atoms with Gasteiger partial charge in [-0.2, -0.15) is 0 Å². The fourth-order valence-corrected chi connectivity index (χ4v) is 1.18. The van der Waals surface area contributed by atoms with Crippen molar-refractivity contribution in [2.24, 2.45) is 0 Å². The number of carbonyl (C=O) groups is 1. The molecule has 0 aliphatic rings. The first-order valence-electron chi connectivity index (χ1n) is 6.39. The minimum absolute atomic E-state index is 0.154. The summed E-state index contributed by atoms with van der Waals surface area (Å²) in [7, 11) is 1.70. The van der Waals surface area contributed by atoms with Crippen LogP contribution in [0.4, 0.5) is 4.79 Å². The molecule has 1 amide bonds. The highest BCUT2D eigenvalue weighted by Gasteiger charge is 2.16. The predicted octanol–water partition coefficient (Wildman–Crippen LogP) is 1.92. The van der Waals surface area contributed by atoms with Gasteiger partial charge < -0.3 is 20.1 Å². The number of alkyl carbamates (subject to hydrolysis) is 1. The fourth-order valence-electron chi connectivity index (χ4n) is 1.18. The summed E-state index contributed by atoms with van der Waals surface area (Å²) in [6.45, 7) is 11.8. The third kappa shape index (κ3) is 10.4. The molecule has 0 aliphatic carbocycles. The van der Waals surface area contributed by atoms with Crippen molar-refractivity contribution in [2.45, 2.75) is 52.2 Å². The Bertz CT molecular complexity index is 247. The Kier molecular flexibility index (Phi) is 7.25. The molecule has 5 nitrogen and oxygen atoms in total. The van der Waals surface area contributed by atoms with Crippen molar-refractivity contribution in [3.63, 3.8) is 0 Å². The lowest BCUT2D eigenvalue weighted by atomic mass is 10.1. The first-order valence-corrected chi connectivity index (χ1v) is 6.39. The van der Waals surface area contributed by atoms with Crippen molar-refractivity contribution in [2.75, 3.05) is 26.7 Å². The molecule has 0 radical (unpaired) electrons. The van der Waals surface area contributed by atoms with Gasteiger partial charge in [0.2, 0.25) is 0 Å². The quantitative estimate of drug-likeness (QED) is 0.687. The van der Waals surface area contributed by atoms with Crippen molar-refractivity contribution >= 4 is 6.09 Å². The van der Waals surface area contributed by atoms with E-state index in [-0.39, 0.29) is 11.7 Å². The molecule has 2 N–H and O–H groups in total. The van der Waals surface area contributed by atoms with E-state index in [9.17, 15) is 4.79 Å². The van der Waals surface area contributed by atoms with Crippen LogP contribution in [0.25, 0.3) is 0 Å². The van der Waals surface area contributed by atoms with Gasteiger partial charge in [-0.1, -0.05) is 0 Å². The Morgan fingerprint density at radius 2 is 1.72 bits per heavy atom. The van der Waals surface area contributed by atoms with E-state index in [1.165, 1.54) is 0 Å². The van der Waals surface area contributed by atoms with E-state index < -0.39 is 5.60 Å². The average molecular weight is 260 g/mol. The van der Waals surface area contributed by atoms with Gasteiger partial charge >= 0.3 is 6.09 Å². The lowest BCUT2D eigenvalue weighted by Gasteiger charge is -2.23. The van der Waals surface area contributed by atoms with E-state index in [0.717, 1.165) is 19.5 Å². The van der Waals surface area contributed by atoms with E-state index in [4.69, 9.17) is 9.47 Å². The molecule has 0 saturated heterocycles. The normalized spacial score (nSPS) is 12.3. The maximum atomic E-state index is 11.3. The van der Waals surface area contributed by atoms with E-state index >= 15 is 0 Å². The van der Waals surface area contributed by atoms with Gasteiger partial charge in [0.1, 0.15) is 5.60 Å². The van der Waals surface area contributed by atoms with Crippen molar-refractivity contribution in [1.82, 2.24) is 10.6 Å². The summed E-state index contributed by atoms with van der Waals surface area (Å²) in [4.78, 5) is 11.3. The first kappa shape index (κ1) is 17.2. The zero-order valence-corrected chi connectivity index (χ0v) is 12.6. The van der Waals surface area contributed by atoms with E-state index in [1.54, 1.807) is 7.11 Å². The third-order valence-corrected chi connectivity index (χ3v) is 2.30. The van der Waals surface area contributed by atoms with Gasteiger partial charge in [-0.25, -0.2) is 4.79 Å². The molecule has 0 saturated carbocycles. The van der Waals surface area contributed by atoms with Crippen LogP contribution in [0.1, 0.15) is 41.0 Å². The zero-order chi connectivity index (χ0) is 14.2. The molecule has 0 aliphatic heterocycles. The van der Waals surface area contributed by atoms with Crippen LogP contribution in [0.15, 0.2) is 0 Å². The minimum Gasteiger partial charge on any atom is -0.444 e. The second kappa shape index (κ2) is 7.59. The van der Waals surface area contributed by atoms with Gasteiger partial charge in [0, 0.05) is 20.2 Å². The molecule has 0 aromatic rings. The van der Waals surface area contributed by atoms with Crippen LogP contribution in [0.5, 0.6) is 0 Å². The van der Waals surface area contributed by atoms with E-state index in [1.807, 2.05) is 34.6 Å². The summed E-state index contributed by atoms with van der Waals surface area (Å²) >= 11 is 0. The summed E-state index contributed by atoms with van der Waals surface area (Å²) in [6.07, 6.45) is 0.499. The molecule has 0 rings (SSSR count). The van der Waals surface area contributed by atoms with Crippen molar-refractivity contribution < 1.29 is 14.3 Å². The Morgan fingerprint density at radius 1 is 1.11 bits per heavy atom. The Labute approximate surface area is 111 Å². The highest BCUT2D eigenvalue weighted by Crippen LogP contribution is 2.06. The summed E-state index contributed by atoms with van der Waals surface area (Å²) in [5, 5.41) is 6.00. The SMILES string of the molecule is COC(C)(C)CNCCCNC(=O)OC(C)(C)C. The van der Waals surface area contributed by atoms with Gasteiger partial charge in [0.05, 0.1) is 5.60 Å². The molecule has 0 atom stereocenters. The van der Waals surface area contributed by atoms with Crippen molar-refractivity contribution in [3.8, 4) is 0 Å². The molecular formula is C13H28N2O3. The average Bonchev–Trinajstić information content (AvgIpc) is 2.20. The smallest absolute Gasteiger partial charge is 0.407 e. The number of ether oxygens (including phenoxy) is 2. The minimum atomic E-state index is -0.440. The third-order valence-electron chi connectivity index (χ3n) is 2.30. The van der Waals surface area contributed by atoms with Gasteiger partial charge in [-0.05, 0) is 47.6 Å². The monoisotopic (exact) mass is 260 g/mol. The number of amides is 1. The van der Waals surface area contributed by atoms with Crippen LogP contribution >= 0.6 is 0 Å². The van der Waals surface area contributed by atoms with Crippen LogP contribution in [-0.4, -0.2) is 44.0 Å². The van der Waals surface area contributed by atoms with Gasteiger partial charge in [0.25, 0.3) is 0 Å². The largest absolute Gasteiger partial charge is 0.444 e. The number of nitrogens with one attached hydrogen (secondary N) is 2. The molecule has 5 heteroatoms. The second-order valence-electron chi connectivity index (χ2n) is 5.92. The maximum absolute atomic E-state index is 11.3. The van der Waals surface area contributed by atoms with Gasteiger partial charge in [-0.3, -0.25) is 0 Å². The molecule has 0 aromatic heterocycles. The predicted molar refractivity (Wildman–Crippen MR) is 72.8 cm³/mol. The number of hydrogen-bond donors (Lipinski definition) is 2. The van der Waals surface area contributed by atoms with Crippen LogP contribution < -0.4 is 10.6 Å². The van der Waals surface area contributed by atoms with Gasteiger partial charge in [0.15, 0.2) is 0 Å². The molecule has 0 unspecified atom stereocenters. The van der Waals surface area contributed by atoms with Gasteiger partial charge in [-0.15, -0.1) is 0 Å².